The van der Waals surface area contributed by atoms with Crippen molar-refractivity contribution < 1.29 is 0 Å². The van der Waals surface area contributed by atoms with Gasteiger partial charge in [0.15, 0.2) is 0 Å². The van der Waals surface area contributed by atoms with E-state index in [9.17, 15) is 0 Å². The summed E-state index contributed by atoms with van der Waals surface area (Å²) in [5.41, 5.74) is 6.05. The molecule has 1 unspecified atom stereocenters. The molecule has 1 atom stereocenters. The molecule has 1 aliphatic heterocycles. The Kier molecular flexibility index (Phi) is 5.31. The van der Waals surface area contributed by atoms with Crippen LogP contribution < -0.4 is 9.80 Å². The SMILES string of the molecule is CN(C)c1ccc(C=CC2=NN(C)C(c3ccc(N(C)C)cc3)C2)cc1. The molecule has 0 N–H and O–H groups in total. The Bertz CT molecular complexity index is 786. The van der Waals surface area contributed by atoms with Crippen LogP contribution in [0.25, 0.3) is 6.08 Å². The van der Waals surface area contributed by atoms with Crippen molar-refractivity contribution in [3.8, 4) is 0 Å². The van der Waals surface area contributed by atoms with Gasteiger partial charge in [-0.05, 0) is 41.5 Å². The standard InChI is InChI=1S/C22H28N4/c1-24(2)20-12-7-17(8-13-20)6-11-19-16-22(26(5)23-19)18-9-14-21(15-10-18)25(3)4/h6-15,22H,16H2,1-5H3. The Morgan fingerprint density at radius 3 is 1.92 bits per heavy atom. The highest BCUT2D eigenvalue weighted by Gasteiger charge is 2.23. The van der Waals surface area contributed by atoms with Gasteiger partial charge in [-0.1, -0.05) is 30.3 Å². The van der Waals surface area contributed by atoms with Crippen LogP contribution in [0.2, 0.25) is 0 Å². The Morgan fingerprint density at radius 2 is 1.38 bits per heavy atom. The highest BCUT2D eigenvalue weighted by Crippen LogP contribution is 2.30. The zero-order chi connectivity index (χ0) is 18.7. The van der Waals surface area contributed by atoms with E-state index < -0.39 is 0 Å². The first-order valence-corrected chi connectivity index (χ1v) is 8.97. The predicted octanol–water partition coefficient (Wildman–Crippen LogP) is 4.26. The van der Waals surface area contributed by atoms with Gasteiger partial charge in [0, 0.05) is 53.0 Å². The molecule has 4 nitrogen and oxygen atoms in total. The Balaban J connectivity index is 1.66. The van der Waals surface area contributed by atoms with E-state index in [-0.39, 0.29) is 0 Å². The molecule has 136 valence electrons. The molecule has 0 aliphatic carbocycles. The summed E-state index contributed by atoms with van der Waals surface area (Å²) in [4.78, 5) is 4.23. The van der Waals surface area contributed by atoms with Gasteiger partial charge in [-0.2, -0.15) is 5.10 Å². The average molecular weight is 348 g/mol. The highest BCUT2D eigenvalue weighted by molar-refractivity contribution is 5.99. The largest absolute Gasteiger partial charge is 0.378 e. The van der Waals surface area contributed by atoms with Crippen molar-refractivity contribution in [1.82, 2.24) is 5.01 Å². The summed E-state index contributed by atoms with van der Waals surface area (Å²) < 4.78 is 0. The van der Waals surface area contributed by atoms with Gasteiger partial charge in [-0.3, -0.25) is 5.01 Å². The van der Waals surface area contributed by atoms with E-state index in [2.05, 4.69) is 111 Å². The summed E-state index contributed by atoms with van der Waals surface area (Å²) in [6, 6.07) is 17.6. The number of hydrogen-bond donors (Lipinski definition) is 0. The number of allylic oxidation sites excluding steroid dienone is 1. The van der Waals surface area contributed by atoms with E-state index in [0.717, 1.165) is 12.1 Å². The van der Waals surface area contributed by atoms with E-state index >= 15 is 0 Å². The van der Waals surface area contributed by atoms with Gasteiger partial charge in [-0.25, -0.2) is 0 Å². The van der Waals surface area contributed by atoms with Gasteiger partial charge in [0.2, 0.25) is 0 Å². The molecular weight excluding hydrogens is 320 g/mol. The quantitative estimate of drug-likeness (QED) is 0.806. The number of anilines is 2. The van der Waals surface area contributed by atoms with Crippen molar-refractivity contribution >= 4 is 23.2 Å². The highest BCUT2D eigenvalue weighted by atomic mass is 15.5. The summed E-state index contributed by atoms with van der Waals surface area (Å²) in [6.07, 6.45) is 5.21. The minimum absolute atomic E-state index is 0.307. The Hall–Kier alpha value is -2.75. The molecule has 0 aromatic heterocycles. The van der Waals surface area contributed by atoms with Crippen molar-refractivity contribution in [2.24, 2.45) is 5.10 Å². The van der Waals surface area contributed by atoms with Crippen LogP contribution in [0.15, 0.2) is 59.7 Å². The van der Waals surface area contributed by atoms with Crippen LogP contribution in [0, 0.1) is 0 Å². The summed E-state index contributed by atoms with van der Waals surface area (Å²) in [5, 5.41) is 6.78. The second-order valence-corrected chi connectivity index (χ2v) is 7.19. The molecule has 1 aliphatic rings. The van der Waals surface area contributed by atoms with E-state index in [0.29, 0.717) is 6.04 Å². The predicted molar refractivity (Wildman–Crippen MR) is 113 cm³/mol. The molecular formula is C22H28N4. The maximum Gasteiger partial charge on any atom is 0.0772 e. The fraction of sp³-hybridized carbons (Fsp3) is 0.318. The van der Waals surface area contributed by atoms with Crippen LogP contribution in [0.5, 0.6) is 0 Å². The molecule has 3 rings (SSSR count). The zero-order valence-electron chi connectivity index (χ0n) is 16.3. The Morgan fingerprint density at radius 1 is 0.846 bits per heavy atom. The van der Waals surface area contributed by atoms with Crippen LogP contribution in [-0.4, -0.2) is 46.0 Å². The monoisotopic (exact) mass is 348 g/mol. The lowest BCUT2D eigenvalue weighted by Crippen LogP contribution is -2.14. The molecule has 2 aromatic carbocycles. The first-order chi connectivity index (χ1) is 12.4. The topological polar surface area (TPSA) is 22.1 Å². The second kappa shape index (κ2) is 7.65. The number of rotatable bonds is 5. The van der Waals surface area contributed by atoms with Crippen LogP contribution in [-0.2, 0) is 0 Å². The molecule has 0 saturated heterocycles. The second-order valence-electron chi connectivity index (χ2n) is 7.19. The molecule has 4 heteroatoms. The van der Waals surface area contributed by atoms with Crippen molar-refractivity contribution in [1.29, 1.82) is 0 Å². The van der Waals surface area contributed by atoms with Crippen LogP contribution >= 0.6 is 0 Å². The first-order valence-electron chi connectivity index (χ1n) is 8.97. The fourth-order valence-corrected chi connectivity index (χ4v) is 3.15. The van der Waals surface area contributed by atoms with Crippen molar-refractivity contribution in [2.75, 3.05) is 45.0 Å². The number of benzene rings is 2. The lowest BCUT2D eigenvalue weighted by molar-refractivity contribution is 0.290. The van der Waals surface area contributed by atoms with Crippen LogP contribution in [0.1, 0.15) is 23.6 Å². The lowest BCUT2D eigenvalue weighted by Gasteiger charge is -2.20. The van der Waals surface area contributed by atoms with E-state index in [1.54, 1.807) is 0 Å². The molecule has 0 bridgehead atoms. The van der Waals surface area contributed by atoms with E-state index in [1.165, 1.54) is 22.5 Å². The van der Waals surface area contributed by atoms with Gasteiger partial charge in [0.25, 0.3) is 0 Å². The molecule has 0 saturated carbocycles. The van der Waals surface area contributed by atoms with E-state index in [1.807, 2.05) is 0 Å². The maximum atomic E-state index is 4.71. The normalized spacial score (nSPS) is 16.9. The molecule has 26 heavy (non-hydrogen) atoms. The summed E-state index contributed by atoms with van der Waals surface area (Å²) in [7, 11) is 10.3. The van der Waals surface area contributed by atoms with Gasteiger partial charge in [0.05, 0.1) is 11.8 Å². The third-order valence-corrected chi connectivity index (χ3v) is 4.81. The molecule has 0 amide bonds. The number of nitrogens with zero attached hydrogens (tertiary/aromatic N) is 4. The van der Waals surface area contributed by atoms with Gasteiger partial charge < -0.3 is 9.80 Å². The van der Waals surface area contributed by atoms with Crippen molar-refractivity contribution in [3.05, 3.63) is 65.7 Å². The van der Waals surface area contributed by atoms with Gasteiger partial charge in [-0.15, -0.1) is 0 Å². The summed E-state index contributed by atoms with van der Waals surface area (Å²) >= 11 is 0. The zero-order valence-corrected chi connectivity index (χ0v) is 16.3. The van der Waals surface area contributed by atoms with Crippen molar-refractivity contribution in [2.45, 2.75) is 12.5 Å². The molecule has 2 aromatic rings. The van der Waals surface area contributed by atoms with Crippen molar-refractivity contribution in [3.63, 3.8) is 0 Å². The van der Waals surface area contributed by atoms with Gasteiger partial charge >= 0.3 is 0 Å². The molecule has 0 radical (unpaired) electrons. The number of hydrogen-bond acceptors (Lipinski definition) is 4. The van der Waals surface area contributed by atoms with Crippen LogP contribution in [0.3, 0.4) is 0 Å². The molecule has 0 fully saturated rings. The Labute approximate surface area is 157 Å². The smallest absolute Gasteiger partial charge is 0.0772 e. The van der Waals surface area contributed by atoms with E-state index in [4.69, 9.17) is 5.10 Å². The van der Waals surface area contributed by atoms with Gasteiger partial charge in [0.1, 0.15) is 0 Å². The molecule has 1 heterocycles. The summed E-state index contributed by atoms with van der Waals surface area (Å²) in [6.45, 7) is 0. The minimum atomic E-state index is 0.307. The van der Waals surface area contributed by atoms with Crippen LogP contribution in [0.4, 0.5) is 11.4 Å². The fourth-order valence-electron chi connectivity index (χ4n) is 3.15. The minimum Gasteiger partial charge on any atom is -0.378 e. The third kappa shape index (κ3) is 4.07. The first kappa shape index (κ1) is 18.1. The third-order valence-electron chi connectivity index (χ3n) is 4.81. The average Bonchev–Trinajstić information content (AvgIpc) is 3.01. The maximum absolute atomic E-state index is 4.71. The number of hydrazone groups is 1. The lowest BCUT2D eigenvalue weighted by atomic mass is 10.0. The summed E-state index contributed by atoms with van der Waals surface area (Å²) in [5.74, 6) is 0. The molecule has 0 spiro atoms.